The Hall–Kier alpha value is -3.00. The number of benzene rings is 2. The van der Waals surface area contributed by atoms with E-state index in [0.717, 1.165) is 14.3 Å². The molecule has 2 aromatic carbocycles. The lowest BCUT2D eigenvalue weighted by Crippen LogP contribution is -2.53. The topological polar surface area (TPSA) is 84.0 Å². The number of nitrogens with zero attached hydrogens (tertiary/aromatic N) is 2. The van der Waals surface area contributed by atoms with E-state index in [2.05, 4.69) is 15.9 Å². The van der Waals surface area contributed by atoms with Gasteiger partial charge in [-0.05, 0) is 56.5 Å². The first kappa shape index (κ1) is 24.1. The zero-order chi connectivity index (χ0) is 25.0. The molecule has 1 unspecified atom stereocenters. The molecule has 2 aliphatic rings. The average molecular weight is 527 g/mol. The standard InChI is InChI=1S/C26H27BrN2O5/c1-15(2)26(19-14-21(30)28(22(19)31)17-10-8-9-16(27)13-17)18-11-6-7-12-20(18)29(23(26)32)24(33)34-25(3,4)5/h6-13,15,19H,14H2,1-5H3/t19-,26?/m1/s1. The highest BCUT2D eigenvalue weighted by Gasteiger charge is 2.64. The van der Waals surface area contributed by atoms with Gasteiger partial charge < -0.3 is 4.74 Å². The van der Waals surface area contributed by atoms with Crippen molar-refractivity contribution in [3.05, 3.63) is 58.6 Å². The van der Waals surface area contributed by atoms with Crippen molar-refractivity contribution in [1.29, 1.82) is 0 Å². The predicted molar refractivity (Wildman–Crippen MR) is 131 cm³/mol. The second-order valence-electron chi connectivity index (χ2n) is 9.97. The van der Waals surface area contributed by atoms with Gasteiger partial charge in [0.15, 0.2) is 0 Å². The molecule has 4 amide bonds. The maximum Gasteiger partial charge on any atom is 0.421 e. The monoisotopic (exact) mass is 526 g/mol. The number of ether oxygens (including phenoxy) is 1. The number of para-hydroxylation sites is 1. The van der Waals surface area contributed by atoms with E-state index in [0.29, 0.717) is 16.9 Å². The zero-order valence-corrected chi connectivity index (χ0v) is 21.4. The van der Waals surface area contributed by atoms with Crippen LogP contribution in [-0.4, -0.2) is 29.4 Å². The maximum absolute atomic E-state index is 14.1. The molecular formula is C26H27BrN2O5. The largest absolute Gasteiger partial charge is 0.443 e. The van der Waals surface area contributed by atoms with Crippen LogP contribution in [0.3, 0.4) is 0 Å². The summed E-state index contributed by atoms with van der Waals surface area (Å²) in [6, 6.07) is 13.9. The molecule has 2 aliphatic heterocycles. The highest BCUT2D eigenvalue weighted by Crippen LogP contribution is 2.54. The molecule has 0 radical (unpaired) electrons. The van der Waals surface area contributed by atoms with E-state index in [-0.39, 0.29) is 18.2 Å². The number of halogens is 1. The van der Waals surface area contributed by atoms with Gasteiger partial charge in [0.25, 0.3) is 0 Å². The van der Waals surface area contributed by atoms with Crippen LogP contribution in [0.25, 0.3) is 0 Å². The van der Waals surface area contributed by atoms with Crippen LogP contribution in [0, 0.1) is 11.8 Å². The van der Waals surface area contributed by atoms with E-state index in [1.54, 1.807) is 69.3 Å². The van der Waals surface area contributed by atoms with E-state index in [4.69, 9.17) is 4.74 Å². The summed E-state index contributed by atoms with van der Waals surface area (Å²) in [7, 11) is 0. The lowest BCUT2D eigenvalue weighted by atomic mass is 9.63. The minimum absolute atomic E-state index is 0.133. The summed E-state index contributed by atoms with van der Waals surface area (Å²) in [6.07, 6.45) is -0.931. The SMILES string of the molecule is CC(C)C1([C@@H]2CC(=O)N(c3cccc(Br)c3)C2=O)C(=O)N(C(=O)OC(C)(C)C)c2ccccc21. The van der Waals surface area contributed by atoms with Gasteiger partial charge in [0, 0.05) is 10.9 Å². The first-order valence-electron chi connectivity index (χ1n) is 11.2. The van der Waals surface area contributed by atoms with Crippen molar-refractivity contribution in [2.24, 2.45) is 11.8 Å². The van der Waals surface area contributed by atoms with Crippen LogP contribution in [0.2, 0.25) is 0 Å². The van der Waals surface area contributed by atoms with Crippen molar-refractivity contribution < 1.29 is 23.9 Å². The van der Waals surface area contributed by atoms with Crippen LogP contribution in [0.15, 0.2) is 53.0 Å². The number of hydrogen-bond donors (Lipinski definition) is 0. The molecule has 2 aromatic rings. The number of rotatable bonds is 3. The Bertz CT molecular complexity index is 1200. The Kier molecular flexibility index (Phi) is 5.92. The quantitative estimate of drug-likeness (QED) is 0.513. The van der Waals surface area contributed by atoms with Crippen molar-refractivity contribution in [2.75, 3.05) is 9.80 Å². The van der Waals surface area contributed by atoms with Crippen LogP contribution in [0.5, 0.6) is 0 Å². The Labute approximate surface area is 207 Å². The van der Waals surface area contributed by atoms with Crippen molar-refractivity contribution in [3.63, 3.8) is 0 Å². The molecular weight excluding hydrogens is 500 g/mol. The third-order valence-corrected chi connectivity index (χ3v) is 6.89. The fourth-order valence-corrected chi connectivity index (χ4v) is 5.48. The van der Waals surface area contributed by atoms with E-state index in [9.17, 15) is 19.2 Å². The Morgan fingerprint density at radius 2 is 1.76 bits per heavy atom. The second-order valence-corrected chi connectivity index (χ2v) is 10.9. The number of anilines is 2. The van der Waals surface area contributed by atoms with Crippen LogP contribution >= 0.6 is 15.9 Å². The number of fused-ring (bicyclic) bond motifs is 1. The van der Waals surface area contributed by atoms with Gasteiger partial charge in [-0.15, -0.1) is 0 Å². The normalized spacial score (nSPS) is 22.6. The molecule has 1 fully saturated rings. The molecule has 0 saturated carbocycles. The summed E-state index contributed by atoms with van der Waals surface area (Å²) < 4.78 is 6.26. The molecule has 178 valence electrons. The predicted octanol–water partition coefficient (Wildman–Crippen LogP) is 5.20. The fraction of sp³-hybridized carbons (Fsp3) is 0.385. The number of carbonyl (C=O) groups is 4. The number of imide groups is 2. The zero-order valence-electron chi connectivity index (χ0n) is 19.8. The van der Waals surface area contributed by atoms with E-state index < -0.39 is 34.8 Å². The third kappa shape index (κ3) is 3.64. The number of hydrogen-bond acceptors (Lipinski definition) is 5. The Balaban J connectivity index is 1.85. The number of amides is 4. The fourth-order valence-electron chi connectivity index (χ4n) is 5.09. The van der Waals surface area contributed by atoms with Crippen LogP contribution in [0.1, 0.15) is 46.6 Å². The van der Waals surface area contributed by atoms with Crippen molar-refractivity contribution in [1.82, 2.24) is 0 Å². The van der Waals surface area contributed by atoms with Gasteiger partial charge in [-0.1, -0.05) is 54.0 Å². The summed E-state index contributed by atoms with van der Waals surface area (Å²) in [5.41, 5.74) is -0.819. The Morgan fingerprint density at radius 1 is 1.09 bits per heavy atom. The van der Waals surface area contributed by atoms with Gasteiger partial charge in [-0.2, -0.15) is 0 Å². The molecule has 0 aliphatic carbocycles. The second kappa shape index (κ2) is 8.34. The Morgan fingerprint density at radius 3 is 2.38 bits per heavy atom. The van der Waals surface area contributed by atoms with E-state index in [1.807, 2.05) is 13.8 Å². The van der Waals surface area contributed by atoms with Gasteiger partial charge in [0.2, 0.25) is 17.7 Å². The lowest BCUT2D eigenvalue weighted by Gasteiger charge is -2.36. The minimum atomic E-state index is -1.39. The molecule has 1 saturated heterocycles. The maximum atomic E-state index is 14.1. The molecule has 4 rings (SSSR count). The third-order valence-electron chi connectivity index (χ3n) is 6.40. The minimum Gasteiger partial charge on any atom is -0.443 e. The molecule has 34 heavy (non-hydrogen) atoms. The summed E-state index contributed by atoms with van der Waals surface area (Å²) >= 11 is 3.38. The van der Waals surface area contributed by atoms with Gasteiger partial charge in [-0.3, -0.25) is 19.3 Å². The van der Waals surface area contributed by atoms with Crippen molar-refractivity contribution in [2.45, 2.75) is 52.1 Å². The molecule has 0 N–H and O–H groups in total. The van der Waals surface area contributed by atoms with Crippen molar-refractivity contribution in [3.8, 4) is 0 Å². The van der Waals surface area contributed by atoms with E-state index >= 15 is 0 Å². The highest BCUT2D eigenvalue weighted by atomic mass is 79.9. The number of carbonyl (C=O) groups excluding carboxylic acids is 4. The smallest absolute Gasteiger partial charge is 0.421 e. The summed E-state index contributed by atoms with van der Waals surface area (Å²) in [6.45, 7) is 8.85. The van der Waals surface area contributed by atoms with Crippen LogP contribution in [-0.2, 0) is 24.5 Å². The van der Waals surface area contributed by atoms with Gasteiger partial charge >= 0.3 is 6.09 Å². The molecule has 2 heterocycles. The molecule has 0 aromatic heterocycles. The highest BCUT2D eigenvalue weighted by molar-refractivity contribution is 9.10. The first-order valence-corrected chi connectivity index (χ1v) is 12.0. The van der Waals surface area contributed by atoms with Crippen molar-refractivity contribution >= 4 is 51.1 Å². The van der Waals surface area contributed by atoms with Gasteiger partial charge in [0.1, 0.15) is 5.60 Å². The average Bonchev–Trinajstić information content (AvgIpc) is 3.17. The van der Waals surface area contributed by atoms with Gasteiger partial charge in [-0.25, -0.2) is 9.69 Å². The van der Waals surface area contributed by atoms with E-state index in [1.165, 1.54) is 0 Å². The van der Waals surface area contributed by atoms with Crippen LogP contribution < -0.4 is 9.80 Å². The molecule has 0 bridgehead atoms. The lowest BCUT2D eigenvalue weighted by molar-refractivity contribution is -0.133. The molecule has 0 spiro atoms. The summed E-state index contributed by atoms with van der Waals surface area (Å²) in [4.78, 5) is 56.4. The molecule has 2 atom stereocenters. The van der Waals surface area contributed by atoms with Crippen LogP contribution in [0.4, 0.5) is 16.2 Å². The summed E-state index contributed by atoms with van der Waals surface area (Å²) in [5.74, 6) is -2.71. The summed E-state index contributed by atoms with van der Waals surface area (Å²) in [5, 5.41) is 0. The first-order chi connectivity index (χ1) is 15.9. The molecule has 7 nitrogen and oxygen atoms in total. The van der Waals surface area contributed by atoms with Gasteiger partial charge in [0.05, 0.1) is 22.7 Å². The molecule has 8 heteroatoms.